The van der Waals surface area contributed by atoms with Gasteiger partial charge in [0, 0.05) is 25.3 Å². The summed E-state index contributed by atoms with van der Waals surface area (Å²) in [5.74, 6) is 0.578. The number of nitrogens with zero attached hydrogens (tertiary/aromatic N) is 1. The molecule has 0 aliphatic carbocycles. The van der Waals surface area contributed by atoms with Crippen LogP contribution in [0.5, 0.6) is 5.75 Å². The van der Waals surface area contributed by atoms with Gasteiger partial charge in [0.2, 0.25) is 0 Å². The van der Waals surface area contributed by atoms with Gasteiger partial charge in [0.15, 0.2) is 5.13 Å². The molecule has 1 aromatic heterocycles. The molecule has 154 valence electrons. The lowest BCUT2D eigenvalue weighted by Crippen LogP contribution is -2.34. The van der Waals surface area contributed by atoms with Crippen molar-refractivity contribution in [2.45, 2.75) is 32.8 Å². The Balaban J connectivity index is 1.88. The lowest BCUT2D eigenvalue weighted by Gasteiger charge is -2.20. The summed E-state index contributed by atoms with van der Waals surface area (Å²) in [6.45, 7) is 6.03. The first-order valence-electron chi connectivity index (χ1n) is 8.94. The van der Waals surface area contributed by atoms with Gasteiger partial charge in [-0.3, -0.25) is 0 Å². The third-order valence-corrected chi connectivity index (χ3v) is 4.38. The van der Waals surface area contributed by atoms with Crippen LogP contribution in [0.1, 0.15) is 27.2 Å². The Labute approximate surface area is 167 Å². The maximum atomic E-state index is 13.1. The molecule has 0 bridgehead atoms. The summed E-state index contributed by atoms with van der Waals surface area (Å²) < 4.78 is 24.8. The van der Waals surface area contributed by atoms with E-state index in [1.165, 1.54) is 11.3 Å². The number of thiazole rings is 1. The molecule has 3 N–H and O–H groups in total. The van der Waals surface area contributed by atoms with E-state index in [0.29, 0.717) is 25.0 Å². The number of ether oxygens (including phenoxy) is 2. The molecule has 9 heteroatoms. The highest BCUT2D eigenvalue weighted by Crippen LogP contribution is 2.29. The zero-order chi connectivity index (χ0) is 20.6. The molecule has 0 aliphatic heterocycles. The summed E-state index contributed by atoms with van der Waals surface area (Å²) in [6, 6.07) is 5.42. The number of carbonyl (C=O) groups excluding carboxylic acids is 1. The number of rotatable bonds is 9. The Morgan fingerprint density at radius 2 is 2.18 bits per heavy atom. The smallest absolute Gasteiger partial charge is 0.407 e. The zero-order valence-electron chi connectivity index (χ0n) is 16.3. The van der Waals surface area contributed by atoms with Crippen LogP contribution in [-0.4, -0.2) is 48.1 Å². The van der Waals surface area contributed by atoms with Crippen molar-refractivity contribution in [1.29, 1.82) is 0 Å². The molecule has 28 heavy (non-hydrogen) atoms. The third kappa shape index (κ3) is 7.32. The van der Waals surface area contributed by atoms with Crippen LogP contribution in [0.2, 0.25) is 0 Å². The summed E-state index contributed by atoms with van der Waals surface area (Å²) in [7, 11) is 0. The number of amides is 1. The standard InChI is InChI=1S/C19H26FN3O4S/c1-19(2,3)27-18(25)22-11-13(10-20)12-26-14-5-6-15-16(9-14)28-17(23-15)21-7-4-8-24/h5-6,9-10,24H,4,7-8,11-12H2,1-3H3,(H,21,23)(H,22,25). The summed E-state index contributed by atoms with van der Waals surface area (Å²) in [5, 5.41) is 15.3. The number of aliphatic hydroxyl groups excluding tert-OH is 1. The lowest BCUT2D eigenvalue weighted by atomic mass is 10.2. The van der Waals surface area contributed by atoms with Crippen LogP contribution >= 0.6 is 11.3 Å². The van der Waals surface area contributed by atoms with Gasteiger partial charge in [-0.1, -0.05) is 11.3 Å². The van der Waals surface area contributed by atoms with E-state index in [2.05, 4.69) is 15.6 Å². The Morgan fingerprint density at radius 1 is 1.39 bits per heavy atom. The molecule has 1 aromatic carbocycles. The van der Waals surface area contributed by atoms with E-state index in [-0.39, 0.29) is 25.3 Å². The van der Waals surface area contributed by atoms with E-state index in [1.54, 1.807) is 26.8 Å². The molecule has 0 fully saturated rings. The maximum absolute atomic E-state index is 13.1. The number of hydrogen-bond acceptors (Lipinski definition) is 7. The number of anilines is 1. The molecule has 2 aromatic rings. The Hall–Kier alpha value is -2.39. The average molecular weight is 411 g/mol. The monoisotopic (exact) mass is 411 g/mol. The van der Waals surface area contributed by atoms with Crippen molar-refractivity contribution < 1.29 is 23.8 Å². The number of aromatic nitrogens is 1. The fourth-order valence-electron chi connectivity index (χ4n) is 2.14. The molecule has 0 aliphatic rings. The maximum Gasteiger partial charge on any atom is 0.407 e. The second-order valence-electron chi connectivity index (χ2n) is 7.06. The van der Waals surface area contributed by atoms with E-state index in [0.717, 1.165) is 15.3 Å². The minimum atomic E-state index is -0.615. The highest BCUT2D eigenvalue weighted by atomic mass is 32.1. The van der Waals surface area contributed by atoms with Crippen LogP contribution in [0.4, 0.5) is 14.3 Å². The van der Waals surface area contributed by atoms with Crippen LogP contribution in [0.15, 0.2) is 30.1 Å². The number of hydrogen-bond donors (Lipinski definition) is 3. The van der Waals surface area contributed by atoms with Gasteiger partial charge in [-0.15, -0.1) is 0 Å². The van der Waals surface area contributed by atoms with Crippen LogP contribution in [0, 0.1) is 0 Å². The van der Waals surface area contributed by atoms with Crippen molar-refractivity contribution in [2.75, 3.05) is 31.6 Å². The number of halogens is 1. The third-order valence-electron chi connectivity index (χ3n) is 3.41. The highest BCUT2D eigenvalue weighted by Gasteiger charge is 2.16. The fraction of sp³-hybridized carbons (Fsp3) is 0.474. The van der Waals surface area contributed by atoms with Crippen LogP contribution in [0.3, 0.4) is 0 Å². The van der Waals surface area contributed by atoms with E-state index in [4.69, 9.17) is 14.6 Å². The first kappa shape index (κ1) is 21.9. The van der Waals surface area contributed by atoms with Crippen LogP contribution in [-0.2, 0) is 4.74 Å². The molecular weight excluding hydrogens is 385 g/mol. The number of carbonyl (C=O) groups is 1. The highest BCUT2D eigenvalue weighted by molar-refractivity contribution is 7.22. The molecule has 0 unspecified atom stereocenters. The van der Waals surface area contributed by atoms with Crippen LogP contribution < -0.4 is 15.4 Å². The van der Waals surface area contributed by atoms with Gasteiger partial charge >= 0.3 is 6.09 Å². The van der Waals surface area contributed by atoms with E-state index >= 15 is 0 Å². The van der Waals surface area contributed by atoms with Crippen LogP contribution in [0.25, 0.3) is 10.2 Å². The predicted octanol–water partition coefficient (Wildman–Crippen LogP) is 3.85. The molecule has 0 radical (unpaired) electrons. The summed E-state index contributed by atoms with van der Waals surface area (Å²) in [4.78, 5) is 16.1. The van der Waals surface area contributed by atoms with Gasteiger partial charge in [0.1, 0.15) is 18.0 Å². The molecule has 1 heterocycles. The number of nitrogens with one attached hydrogen (secondary N) is 2. The van der Waals surface area contributed by atoms with E-state index < -0.39 is 11.7 Å². The first-order valence-corrected chi connectivity index (χ1v) is 9.75. The van der Waals surface area contributed by atoms with E-state index in [1.807, 2.05) is 12.1 Å². The quantitative estimate of drug-likeness (QED) is 0.543. The van der Waals surface area contributed by atoms with Gasteiger partial charge in [-0.2, -0.15) is 0 Å². The molecule has 0 spiro atoms. The second-order valence-corrected chi connectivity index (χ2v) is 8.09. The SMILES string of the molecule is CC(C)(C)OC(=O)NCC(=CF)COc1ccc2nc(NCCCO)sc2c1. The average Bonchev–Trinajstić information content (AvgIpc) is 3.02. The molecule has 7 nitrogen and oxygen atoms in total. The van der Waals surface area contributed by atoms with Crippen molar-refractivity contribution in [3.8, 4) is 5.75 Å². The molecule has 0 atom stereocenters. The minimum Gasteiger partial charge on any atom is -0.489 e. The van der Waals surface area contributed by atoms with E-state index in [9.17, 15) is 9.18 Å². The van der Waals surface area contributed by atoms with Crippen molar-refractivity contribution in [2.24, 2.45) is 0 Å². The first-order chi connectivity index (χ1) is 13.3. The Kier molecular flexibility index (Phi) is 8.01. The largest absolute Gasteiger partial charge is 0.489 e. The van der Waals surface area contributed by atoms with Gasteiger partial charge in [0.05, 0.1) is 16.5 Å². The molecular formula is C19H26FN3O4S. The minimum absolute atomic E-state index is 0.00177. The number of aliphatic hydroxyl groups is 1. The van der Waals surface area contributed by atoms with Gasteiger partial charge < -0.3 is 25.2 Å². The van der Waals surface area contributed by atoms with Gasteiger partial charge in [-0.25, -0.2) is 14.2 Å². The number of benzene rings is 1. The second kappa shape index (κ2) is 10.2. The molecule has 1 amide bonds. The number of fused-ring (bicyclic) bond motifs is 1. The fourth-order valence-corrected chi connectivity index (χ4v) is 3.06. The van der Waals surface area contributed by atoms with Crippen molar-refractivity contribution in [3.63, 3.8) is 0 Å². The Bertz CT molecular complexity index is 817. The Morgan fingerprint density at radius 3 is 2.86 bits per heavy atom. The summed E-state index contributed by atoms with van der Waals surface area (Å²) >= 11 is 1.48. The van der Waals surface area contributed by atoms with Gasteiger partial charge in [0.25, 0.3) is 0 Å². The normalized spacial score (nSPS) is 12.1. The zero-order valence-corrected chi connectivity index (χ0v) is 17.1. The molecule has 0 saturated carbocycles. The van der Waals surface area contributed by atoms with Gasteiger partial charge in [-0.05, 0) is 45.4 Å². The molecule has 2 rings (SSSR count). The lowest BCUT2D eigenvalue weighted by molar-refractivity contribution is 0.0531. The van der Waals surface area contributed by atoms with Crippen molar-refractivity contribution in [3.05, 3.63) is 30.1 Å². The molecule has 0 saturated heterocycles. The summed E-state index contributed by atoms with van der Waals surface area (Å²) in [5.41, 5.74) is 0.495. The predicted molar refractivity (Wildman–Crippen MR) is 109 cm³/mol. The summed E-state index contributed by atoms with van der Waals surface area (Å²) in [6.07, 6.45) is 0.463. The van der Waals surface area contributed by atoms with Crippen molar-refractivity contribution >= 4 is 32.8 Å². The van der Waals surface area contributed by atoms with Crippen molar-refractivity contribution in [1.82, 2.24) is 10.3 Å². The topological polar surface area (TPSA) is 92.7 Å². The number of alkyl carbamates (subject to hydrolysis) is 1.